The largest absolute Gasteiger partial charge is 0.350 e. The van der Waals surface area contributed by atoms with Gasteiger partial charge in [-0.1, -0.05) is 53.6 Å². The molecule has 144 valence electrons. The summed E-state index contributed by atoms with van der Waals surface area (Å²) in [6.07, 6.45) is 3.75. The number of nitrogens with zero attached hydrogens (tertiary/aromatic N) is 2. The molecule has 1 aliphatic rings. The van der Waals surface area contributed by atoms with Gasteiger partial charge in [0.15, 0.2) is 0 Å². The topological polar surface area (TPSA) is 56.0 Å². The van der Waals surface area contributed by atoms with E-state index in [1.165, 1.54) is 4.57 Å². The first kappa shape index (κ1) is 18.6. The first-order chi connectivity index (χ1) is 13.5. The van der Waals surface area contributed by atoms with Crippen LogP contribution in [0.4, 0.5) is 0 Å². The molecule has 28 heavy (non-hydrogen) atoms. The van der Waals surface area contributed by atoms with Crippen molar-refractivity contribution in [1.29, 1.82) is 0 Å². The van der Waals surface area contributed by atoms with Crippen LogP contribution in [-0.2, 0) is 17.9 Å². The lowest BCUT2D eigenvalue weighted by molar-refractivity contribution is -0.121. The Bertz CT molecular complexity index is 1060. The number of halogens is 1. The Labute approximate surface area is 168 Å². The zero-order valence-electron chi connectivity index (χ0n) is 15.7. The number of carbonyl (C=O) groups is 1. The molecule has 2 aromatic carbocycles. The average Bonchev–Trinajstić information content (AvgIpc) is 3.46. The van der Waals surface area contributed by atoms with Crippen LogP contribution >= 0.6 is 11.6 Å². The second kappa shape index (κ2) is 7.68. The van der Waals surface area contributed by atoms with Gasteiger partial charge < -0.3 is 5.32 Å². The molecule has 1 N–H and O–H groups in total. The second-order valence-corrected chi connectivity index (χ2v) is 7.74. The number of hydrogen-bond acceptors (Lipinski definition) is 2. The molecule has 1 amide bonds. The maximum atomic E-state index is 12.9. The van der Waals surface area contributed by atoms with Crippen LogP contribution in [0, 0.1) is 6.92 Å². The van der Waals surface area contributed by atoms with Gasteiger partial charge in [0.2, 0.25) is 5.91 Å². The number of benzene rings is 2. The van der Waals surface area contributed by atoms with E-state index >= 15 is 0 Å². The Hall–Kier alpha value is -2.79. The summed E-state index contributed by atoms with van der Waals surface area (Å²) in [5, 5.41) is 3.55. The van der Waals surface area contributed by atoms with Crippen molar-refractivity contribution in [3.8, 4) is 11.3 Å². The highest BCUT2D eigenvalue weighted by molar-refractivity contribution is 6.30. The van der Waals surface area contributed by atoms with Gasteiger partial charge in [0.1, 0.15) is 6.54 Å². The molecule has 0 aliphatic heterocycles. The highest BCUT2D eigenvalue weighted by Gasteiger charge is 2.29. The summed E-state index contributed by atoms with van der Waals surface area (Å²) in [7, 11) is 0. The normalized spacial score (nSPS) is 13.5. The second-order valence-electron chi connectivity index (χ2n) is 7.30. The van der Waals surface area contributed by atoms with E-state index in [9.17, 15) is 9.59 Å². The smallest absolute Gasteiger partial charge is 0.329 e. The lowest BCUT2D eigenvalue weighted by Gasteiger charge is -2.06. The molecule has 5 nitrogen and oxygen atoms in total. The van der Waals surface area contributed by atoms with Crippen molar-refractivity contribution < 1.29 is 4.79 Å². The van der Waals surface area contributed by atoms with Crippen molar-refractivity contribution in [2.24, 2.45) is 0 Å². The molecule has 1 heterocycles. The standard InChI is InChI=1S/C22H22ClN3O2/c1-15-3-2-4-16(11-15)12-24-21(27)14-25-13-20(17-5-7-18(23)8-6-17)26(22(25)28)19-9-10-19/h2-8,11,13,19H,9-10,12,14H2,1H3,(H,24,27). The van der Waals surface area contributed by atoms with Gasteiger partial charge in [0.25, 0.3) is 0 Å². The molecular formula is C22H22ClN3O2. The zero-order valence-corrected chi connectivity index (χ0v) is 16.4. The van der Waals surface area contributed by atoms with Crippen molar-refractivity contribution in [3.05, 3.63) is 81.4 Å². The Kier molecular flexibility index (Phi) is 5.09. The summed E-state index contributed by atoms with van der Waals surface area (Å²) in [6, 6.07) is 15.6. The van der Waals surface area contributed by atoms with E-state index in [-0.39, 0.29) is 24.2 Å². The van der Waals surface area contributed by atoms with Gasteiger partial charge in [-0.25, -0.2) is 4.79 Å². The van der Waals surface area contributed by atoms with Crippen molar-refractivity contribution in [1.82, 2.24) is 14.5 Å². The van der Waals surface area contributed by atoms with Gasteiger partial charge in [-0.3, -0.25) is 13.9 Å². The van der Waals surface area contributed by atoms with Crippen LogP contribution in [0.15, 0.2) is 59.5 Å². The van der Waals surface area contributed by atoms with Crippen LogP contribution < -0.4 is 11.0 Å². The molecule has 0 saturated heterocycles. The fourth-order valence-electron chi connectivity index (χ4n) is 3.37. The quantitative estimate of drug-likeness (QED) is 0.687. The predicted molar refractivity (Wildman–Crippen MR) is 110 cm³/mol. The van der Waals surface area contributed by atoms with Crippen molar-refractivity contribution in [2.45, 2.75) is 38.9 Å². The predicted octanol–water partition coefficient (Wildman–Crippen LogP) is 3.93. The van der Waals surface area contributed by atoms with Gasteiger partial charge >= 0.3 is 5.69 Å². The minimum Gasteiger partial charge on any atom is -0.350 e. The summed E-state index contributed by atoms with van der Waals surface area (Å²) in [5.74, 6) is -0.181. The fraction of sp³-hybridized carbons (Fsp3) is 0.273. The Balaban J connectivity index is 1.53. The molecule has 6 heteroatoms. The number of aromatic nitrogens is 2. The van der Waals surface area contributed by atoms with Crippen molar-refractivity contribution >= 4 is 17.5 Å². The lowest BCUT2D eigenvalue weighted by Crippen LogP contribution is -2.32. The van der Waals surface area contributed by atoms with E-state index in [0.29, 0.717) is 11.6 Å². The van der Waals surface area contributed by atoms with E-state index in [4.69, 9.17) is 11.6 Å². The van der Waals surface area contributed by atoms with Gasteiger partial charge in [0, 0.05) is 23.8 Å². The van der Waals surface area contributed by atoms with Crippen LogP contribution in [-0.4, -0.2) is 15.0 Å². The third-order valence-corrected chi connectivity index (χ3v) is 5.18. The Morgan fingerprint density at radius 1 is 1.18 bits per heavy atom. The number of imidazole rings is 1. The lowest BCUT2D eigenvalue weighted by atomic mass is 10.1. The van der Waals surface area contributed by atoms with E-state index in [2.05, 4.69) is 5.32 Å². The van der Waals surface area contributed by atoms with Crippen molar-refractivity contribution in [2.75, 3.05) is 0 Å². The number of amides is 1. The van der Waals surface area contributed by atoms with Crippen LogP contribution in [0.25, 0.3) is 11.3 Å². The monoisotopic (exact) mass is 395 g/mol. The molecule has 0 spiro atoms. The van der Waals surface area contributed by atoms with Crippen LogP contribution in [0.3, 0.4) is 0 Å². The minimum absolute atomic E-state index is 0.00492. The molecule has 0 bridgehead atoms. The van der Waals surface area contributed by atoms with Crippen LogP contribution in [0.2, 0.25) is 5.02 Å². The molecule has 0 atom stereocenters. The SMILES string of the molecule is Cc1cccc(CNC(=O)Cn2cc(-c3ccc(Cl)cc3)n(C3CC3)c2=O)c1. The zero-order chi connectivity index (χ0) is 19.7. The number of rotatable bonds is 6. The molecule has 1 aliphatic carbocycles. The third kappa shape index (κ3) is 4.04. The molecule has 1 aromatic heterocycles. The van der Waals surface area contributed by atoms with E-state index in [1.54, 1.807) is 10.8 Å². The number of nitrogens with one attached hydrogen (secondary N) is 1. The maximum Gasteiger partial charge on any atom is 0.329 e. The number of hydrogen-bond donors (Lipinski definition) is 1. The summed E-state index contributed by atoms with van der Waals surface area (Å²) in [4.78, 5) is 25.3. The Morgan fingerprint density at radius 2 is 1.93 bits per heavy atom. The van der Waals surface area contributed by atoms with Gasteiger partial charge in [-0.2, -0.15) is 0 Å². The number of carbonyl (C=O) groups excluding carboxylic acids is 1. The van der Waals surface area contributed by atoms with Gasteiger partial charge in [-0.05, 0) is 43.0 Å². The molecule has 0 unspecified atom stereocenters. The first-order valence-electron chi connectivity index (χ1n) is 9.41. The van der Waals surface area contributed by atoms with Gasteiger partial charge in [-0.15, -0.1) is 0 Å². The summed E-state index contributed by atoms with van der Waals surface area (Å²) < 4.78 is 3.30. The summed E-state index contributed by atoms with van der Waals surface area (Å²) in [5.41, 5.74) is 3.80. The fourth-order valence-corrected chi connectivity index (χ4v) is 3.50. The molecule has 0 radical (unpaired) electrons. The van der Waals surface area contributed by atoms with E-state index in [1.807, 2.05) is 55.5 Å². The average molecular weight is 396 g/mol. The highest BCUT2D eigenvalue weighted by Crippen LogP contribution is 2.37. The molecule has 1 fully saturated rings. The highest BCUT2D eigenvalue weighted by atomic mass is 35.5. The minimum atomic E-state index is -0.181. The van der Waals surface area contributed by atoms with Crippen LogP contribution in [0.1, 0.15) is 30.0 Å². The summed E-state index contributed by atoms with van der Waals surface area (Å²) >= 11 is 5.99. The maximum absolute atomic E-state index is 12.9. The van der Waals surface area contributed by atoms with E-state index < -0.39 is 0 Å². The molecule has 3 aromatic rings. The van der Waals surface area contributed by atoms with Crippen molar-refractivity contribution in [3.63, 3.8) is 0 Å². The molecular weight excluding hydrogens is 374 g/mol. The third-order valence-electron chi connectivity index (χ3n) is 4.93. The molecule has 4 rings (SSSR count). The Morgan fingerprint density at radius 3 is 2.61 bits per heavy atom. The first-order valence-corrected chi connectivity index (χ1v) is 9.79. The van der Waals surface area contributed by atoms with Crippen LogP contribution in [0.5, 0.6) is 0 Å². The van der Waals surface area contributed by atoms with E-state index in [0.717, 1.165) is 35.2 Å². The summed E-state index contributed by atoms with van der Waals surface area (Å²) in [6.45, 7) is 2.47. The van der Waals surface area contributed by atoms with Gasteiger partial charge in [0.05, 0.1) is 5.69 Å². The number of aryl methyl sites for hydroxylation is 1. The molecule has 1 saturated carbocycles.